The lowest BCUT2D eigenvalue weighted by molar-refractivity contribution is -0.126. The normalized spacial score (nSPS) is 27.3. The van der Waals surface area contributed by atoms with Crippen molar-refractivity contribution in [2.75, 3.05) is 32.8 Å². The van der Waals surface area contributed by atoms with E-state index in [4.69, 9.17) is 4.74 Å². The predicted octanol–water partition coefficient (Wildman–Crippen LogP) is 2.06. The van der Waals surface area contributed by atoms with E-state index in [1.165, 1.54) is 18.4 Å². The monoisotopic (exact) mass is 327 g/mol. The van der Waals surface area contributed by atoms with Crippen LogP contribution in [0.3, 0.4) is 0 Å². The molecule has 1 amide bonds. The minimum atomic E-state index is 0.202. The van der Waals surface area contributed by atoms with Gasteiger partial charge in [-0.15, -0.1) is 0 Å². The van der Waals surface area contributed by atoms with Crippen molar-refractivity contribution >= 4 is 5.91 Å². The SMILES string of the molecule is O=C(C1=COCC1)N1C[C@H]2CCN(Cc3cccnc3)CC[C@H]2C1. The fraction of sp³-hybridized carbons (Fsp3) is 0.579. The van der Waals surface area contributed by atoms with Gasteiger partial charge in [0.15, 0.2) is 0 Å². The molecule has 2 fully saturated rings. The van der Waals surface area contributed by atoms with Gasteiger partial charge in [0.05, 0.1) is 18.4 Å². The Kier molecular flexibility index (Phi) is 4.52. The summed E-state index contributed by atoms with van der Waals surface area (Å²) in [5.41, 5.74) is 2.14. The summed E-state index contributed by atoms with van der Waals surface area (Å²) in [6.07, 6.45) is 8.58. The third-order valence-corrected chi connectivity index (χ3v) is 5.61. The van der Waals surface area contributed by atoms with Crippen molar-refractivity contribution in [3.8, 4) is 0 Å². The van der Waals surface area contributed by atoms with Gasteiger partial charge in [0, 0.05) is 38.4 Å². The predicted molar refractivity (Wildman–Crippen MR) is 91.0 cm³/mol. The lowest BCUT2D eigenvalue weighted by Crippen LogP contribution is -2.31. The number of carbonyl (C=O) groups is 1. The molecule has 0 saturated carbocycles. The molecule has 1 aromatic rings. The van der Waals surface area contributed by atoms with E-state index in [9.17, 15) is 4.79 Å². The maximum Gasteiger partial charge on any atom is 0.253 e. The molecular formula is C19H25N3O2. The largest absolute Gasteiger partial charge is 0.500 e. The van der Waals surface area contributed by atoms with Crippen LogP contribution in [0, 0.1) is 11.8 Å². The lowest BCUT2D eigenvalue weighted by atomic mass is 9.92. The van der Waals surface area contributed by atoms with Crippen molar-refractivity contribution in [2.45, 2.75) is 25.8 Å². The molecule has 0 aliphatic carbocycles. The van der Waals surface area contributed by atoms with Crippen LogP contribution in [0.5, 0.6) is 0 Å². The highest BCUT2D eigenvalue weighted by molar-refractivity contribution is 5.93. The van der Waals surface area contributed by atoms with Crippen molar-refractivity contribution in [1.82, 2.24) is 14.8 Å². The fourth-order valence-corrected chi connectivity index (χ4v) is 4.22. The Morgan fingerprint density at radius 2 is 2.04 bits per heavy atom. The average Bonchev–Trinajstić information content (AvgIpc) is 3.25. The summed E-state index contributed by atoms with van der Waals surface area (Å²) in [6.45, 7) is 5.71. The number of amides is 1. The molecule has 0 aromatic carbocycles. The summed E-state index contributed by atoms with van der Waals surface area (Å²) >= 11 is 0. The van der Waals surface area contributed by atoms with E-state index in [1.807, 2.05) is 18.5 Å². The first-order valence-electron chi connectivity index (χ1n) is 9.01. The highest BCUT2D eigenvalue weighted by Gasteiger charge is 2.37. The zero-order valence-electron chi connectivity index (χ0n) is 14.1. The molecule has 24 heavy (non-hydrogen) atoms. The molecule has 5 heteroatoms. The summed E-state index contributed by atoms with van der Waals surface area (Å²) < 4.78 is 5.23. The van der Waals surface area contributed by atoms with Crippen molar-refractivity contribution in [1.29, 1.82) is 0 Å². The molecule has 0 radical (unpaired) electrons. The van der Waals surface area contributed by atoms with Crippen LogP contribution in [0.1, 0.15) is 24.8 Å². The van der Waals surface area contributed by atoms with Crippen LogP contribution in [0.4, 0.5) is 0 Å². The van der Waals surface area contributed by atoms with Gasteiger partial charge in [-0.1, -0.05) is 6.07 Å². The van der Waals surface area contributed by atoms with Crippen LogP contribution in [-0.2, 0) is 16.1 Å². The van der Waals surface area contributed by atoms with E-state index in [0.717, 1.165) is 44.7 Å². The first kappa shape index (κ1) is 15.6. The van der Waals surface area contributed by atoms with Crippen molar-refractivity contribution in [2.24, 2.45) is 11.8 Å². The van der Waals surface area contributed by atoms with E-state index in [-0.39, 0.29) is 5.91 Å². The van der Waals surface area contributed by atoms with E-state index in [0.29, 0.717) is 18.4 Å². The van der Waals surface area contributed by atoms with Crippen molar-refractivity contribution in [3.63, 3.8) is 0 Å². The number of ether oxygens (including phenoxy) is 1. The van der Waals surface area contributed by atoms with Crippen molar-refractivity contribution < 1.29 is 9.53 Å². The lowest BCUT2D eigenvalue weighted by Gasteiger charge is -2.22. The summed E-state index contributed by atoms with van der Waals surface area (Å²) in [5.74, 6) is 1.50. The molecule has 5 nitrogen and oxygen atoms in total. The molecule has 0 N–H and O–H groups in total. The maximum atomic E-state index is 12.5. The highest BCUT2D eigenvalue weighted by Crippen LogP contribution is 2.33. The Bertz CT molecular complexity index is 600. The van der Waals surface area contributed by atoms with Gasteiger partial charge in [-0.3, -0.25) is 14.7 Å². The number of nitrogens with zero attached hydrogens (tertiary/aromatic N) is 3. The van der Waals surface area contributed by atoms with Gasteiger partial charge in [0.1, 0.15) is 0 Å². The number of pyridine rings is 1. The van der Waals surface area contributed by atoms with Gasteiger partial charge in [-0.25, -0.2) is 0 Å². The van der Waals surface area contributed by atoms with Gasteiger partial charge in [-0.2, -0.15) is 0 Å². The van der Waals surface area contributed by atoms with Gasteiger partial charge in [0.25, 0.3) is 5.91 Å². The van der Waals surface area contributed by atoms with Crippen LogP contribution < -0.4 is 0 Å². The van der Waals surface area contributed by atoms with E-state index in [1.54, 1.807) is 6.26 Å². The highest BCUT2D eigenvalue weighted by atomic mass is 16.5. The van der Waals surface area contributed by atoms with E-state index >= 15 is 0 Å². The van der Waals surface area contributed by atoms with Crippen molar-refractivity contribution in [3.05, 3.63) is 41.9 Å². The Labute approximate surface area is 143 Å². The second-order valence-corrected chi connectivity index (χ2v) is 7.21. The topological polar surface area (TPSA) is 45.7 Å². The standard InChI is InChI=1S/C19H25N3O2/c23-19(18-5-9-24-14-18)22-12-16-3-7-21(8-4-17(16)13-22)11-15-2-1-6-20-10-15/h1-2,6,10,14,16-17H,3-5,7-9,11-13H2/t16-,17+. The Morgan fingerprint density at radius 1 is 1.25 bits per heavy atom. The van der Waals surface area contributed by atoms with Gasteiger partial charge < -0.3 is 9.64 Å². The summed E-state index contributed by atoms with van der Waals surface area (Å²) in [4.78, 5) is 21.4. The number of fused-ring (bicyclic) bond motifs is 1. The molecule has 1 aromatic heterocycles. The Hall–Kier alpha value is -1.88. The Balaban J connectivity index is 1.33. The first-order chi connectivity index (χ1) is 11.8. The molecule has 4 rings (SSSR count). The summed E-state index contributed by atoms with van der Waals surface area (Å²) in [5, 5.41) is 0. The number of aromatic nitrogens is 1. The summed E-state index contributed by atoms with van der Waals surface area (Å²) in [6, 6.07) is 4.16. The number of hydrogen-bond donors (Lipinski definition) is 0. The zero-order valence-corrected chi connectivity index (χ0v) is 14.1. The molecule has 0 unspecified atom stereocenters. The van der Waals surface area contributed by atoms with Crippen LogP contribution in [0.15, 0.2) is 36.4 Å². The smallest absolute Gasteiger partial charge is 0.253 e. The van der Waals surface area contributed by atoms with Gasteiger partial charge in [-0.05, 0) is 49.4 Å². The molecule has 0 spiro atoms. The second-order valence-electron chi connectivity index (χ2n) is 7.21. The van der Waals surface area contributed by atoms with E-state index < -0.39 is 0 Å². The number of rotatable bonds is 3. The first-order valence-corrected chi connectivity index (χ1v) is 9.01. The maximum absolute atomic E-state index is 12.5. The third kappa shape index (κ3) is 3.31. The second kappa shape index (κ2) is 6.93. The minimum absolute atomic E-state index is 0.202. The molecule has 128 valence electrons. The molecule has 0 bridgehead atoms. The third-order valence-electron chi connectivity index (χ3n) is 5.61. The molecule has 3 aliphatic heterocycles. The minimum Gasteiger partial charge on any atom is -0.500 e. The molecule has 3 aliphatic rings. The number of likely N-dealkylation sites (tertiary alicyclic amines) is 2. The molecule has 2 atom stereocenters. The zero-order chi connectivity index (χ0) is 16.4. The number of hydrogen-bond acceptors (Lipinski definition) is 4. The quantitative estimate of drug-likeness (QED) is 0.852. The molecular weight excluding hydrogens is 302 g/mol. The van der Waals surface area contributed by atoms with Gasteiger partial charge >= 0.3 is 0 Å². The Morgan fingerprint density at radius 3 is 2.67 bits per heavy atom. The average molecular weight is 327 g/mol. The number of carbonyl (C=O) groups excluding carboxylic acids is 1. The van der Waals surface area contributed by atoms with Crippen LogP contribution in [0.2, 0.25) is 0 Å². The fourth-order valence-electron chi connectivity index (χ4n) is 4.22. The summed E-state index contributed by atoms with van der Waals surface area (Å²) in [7, 11) is 0. The molecule has 4 heterocycles. The molecule has 2 saturated heterocycles. The van der Waals surface area contributed by atoms with Crippen LogP contribution in [0.25, 0.3) is 0 Å². The van der Waals surface area contributed by atoms with Crippen LogP contribution in [-0.4, -0.2) is 53.5 Å². The van der Waals surface area contributed by atoms with E-state index in [2.05, 4.69) is 20.9 Å². The van der Waals surface area contributed by atoms with Crippen LogP contribution >= 0.6 is 0 Å². The van der Waals surface area contributed by atoms with Gasteiger partial charge in [0.2, 0.25) is 0 Å².